The molecule has 5 heteroatoms. The minimum absolute atomic E-state index is 0.0767. The number of amides is 1. The van der Waals surface area contributed by atoms with Gasteiger partial charge in [-0.2, -0.15) is 5.10 Å². The van der Waals surface area contributed by atoms with Gasteiger partial charge in [-0.1, -0.05) is 18.2 Å². The second-order valence-electron chi connectivity index (χ2n) is 6.11. The highest BCUT2D eigenvalue weighted by Crippen LogP contribution is 2.26. The molecule has 3 rings (SSSR count). The van der Waals surface area contributed by atoms with Crippen molar-refractivity contribution in [1.82, 2.24) is 15.1 Å². The van der Waals surface area contributed by atoms with Gasteiger partial charge in [0, 0.05) is 18.8 Å². The van der Waals surface area contributed by atoms with E-state index in [0.717, 1.165) is 42.1 Å². The van der Waals surface area contributed by atoms with Gasteiger partial charge in [-0.3, -0.25) is 9.48 Å². The van der Waals surface area contributed by atoms with E-state index in [4.69, 9.17) is 4.74 Å². The molecule has 0 saturated carbocycles. The van der Waals surface area contributed by atoms with Gasteiger partial charge in [0.05, 0.1) is 11.6 Å². The van der Waals surface area contributed by atoms with Gasteiger partial charge in [0.15, 0.2) is 0 Å². The van der Waals surface area contributed by atoms with Crippen LogP contribution >= 0.6 is 0 Å². The second-order valence-corrected chi connectivity index (χ2v) is 6.11. The number of benzene rings is 1. The summed E-state index contributed by atoms with van der Waals surface area (Å²) < 4.78 is 7.66. The molecule has 0 spiro atoms. The standard InChI is InChI=1S/C18H23N3O2/c1-13-10-14(2)21(20-13)9-5-8-19-18(22)16-11-15-6-3-4-7-17(15)23-12-16/h3-4,6-7,10,16H,5,8-9,11-12H2,1-2H3,(H,19,22)/t16-/m1/s1. The summed E-state index contributed by atoms with van der Waals surface area (Å²) >= 11 is 0. The Bertz CT molecular complexity index is 693. The Morgan fingerprint density at radius 3 is 3.00 bits per heavy atom. The Morgan fingerprint density at radius 1 is 1.39 bits per heavy atom. The number of carbonyl (C=O) groups excluding carboxylic acids is 1. The van der Waals surface area contributed by atoms with E-state index < -0.39 is 0 Å². The highest BCUT2D eigenvalue weighted by molar-refractivity contribution is 5.79. The molecule has 5 nitrogen and oxygen atoms in total. The Balaban J connectivity index is 1.44. The first kappa shape index (κ1) is 15.6. The smallest absolute Gasteiger partial charge is 0.226 e. The molecular weight excluding hydrogens is 290 g/mol. The number of hydrogen-bond donors (Lipinski definition) is 1. The molecule has 1 amide bonds. The van der Waals surface area contributed by atoms with Crippen molar-refractivity contribution in [1.29, 1.82) is 0 Å². The zero-order valence-electron chi connectivity index (χ0n) is 13.7. The van der Waals surface area contributed by atoms with E-state index in [2.05, 4.69) is 23.4 Å². The van der Waals surface area contributed by atoms with E-state index in [9.17, 15) is 4.79 Å². The predicted molar refractivity (Wildman–Crippen MR) is 88.5 cm³/mol. The molecule has 1 N–H and O–H groups in total. The summed E-state index contributed by atoms with van der Waals surface area (Å²) in [6.07, 6.45) is 1.62. The van der Waals surface area contributed by atoms with E-state index in [1.54, 1.807) is 0 Å². The van der Waals surface area contributed by atoms with Gasteiger partial charge >= 0.3 is 0 Å². The van der Waals surface area contributed by atoms with Gasteiger partial charge in [0.25, 0.3) is 0 Å². The topological polar surface area (TPSA) is 56.2 Å². The van der Waals surface area contributed by atoms with Crippen LogP contribution in [0.25, 0.3) is 0 Å². The summed E-state index contributed by atoms with van der Waals surface area (Å²) in [7, 11) is 0. The maximum Gasteiger partial charge on any atom is 0.226 e. The van der Waals surface area contributed by atoms with Gasteiger partial charge in [-0.15, -0.1) is 0 Å². The van der Waals surface area contributed by atoms with Crippen LogP contribution in [0.4, 0.5) is 0 Å². The highest BCUT2D eigenvalue weighted by atomic mass is 16.5. The molecule has 1 aliphatic rings. The SMILES string of the molecule is Cc1cc(C)n(CCCNC(=O)[C@H]2COc3ccccc3C2)n1. The number of hydrogen-bond acceptors (Lipinski definition) is 3. The second kappa shape index (κ2) is 6.86. The molecule has 1 aliphatic heterocycles. The number of nitrogens with zero attached hydrogens (tertiary/aromatic N) is 2. The van der Waals surface area contributed by atoms with Crippen molar-refractivity contribution in [3.05, 3.63) is 47.3 Å². The number of aromatic nitrogens is 2. The molecule has 2 heterocycles. The maximum atomic E-state index is 12.3. The molecule has 0 fully saturated rings. The lowest BCUT2D eigenvalue weighted by atomic mass is 9.96. The molecular formula is C18H23N3O2. The average molecular weight is 313 g/mol. The van der Waals surface area contributed by atoms with Crippen LogP contribution in [0, 0.1) is 19.8 Å². The van der Waals surface area contributed by atoms with Gasteiger partial charge in [-0.25, -0.2) is 0 Å². The fourth-order valence-corrected chi connectivity index (χ4v) is 2.98. The van der Waals surface area contributed by atoms with Crippen molar-refractivity contribution >= 4 is 5.91 Å². The zero-order chi connectivity index (χ0) is 16.2. The Kier molecular flexibility index (Phi) is 4.65. The van der Waals surface area contributed by atoms with Crippen molar-refractivity contribution < 1.29 is 9.53 Å². The highest BCUT2D eigenvalue weighted by Gasteiger charge is 2.25. The molecule has 23 heavy (non-hydrogen) atoms. The molecule has 1 atom stereocenters. The molecule has 0 unspecified atom stereocenters. The van der Waals surface area contributed by atoms with Gasteiger partial charge in [0.1, 0.15) is 12.4 Å². The summed E-state index contributed by atoms with van der Waals surface area (Å²) in [4.78, 5) is 12.3. The van der Waals surface area contributed by atoms with E-state index in [1.165, 1.54) is 0 Å². The average Bonchev–Trinajstić information content (AvgIpc) is 2.88. The normalized spacial score (nSPS) is 16.5. The lowest BCUT2D eigenvalue weighted by molar-refractivity contribution is -0.126. The monoisotopic (exact) mass is 313 g/mol. The summed E-state index contributed by atoms with van der Waals surface area (Å²) in [5.41, 5.74) is 3.30. The molecule has 0 radical (unpaired) electrons. The third-order valence-electron chi connectivity index (χ3n) is 4.20. The molecule has 0 aliphatic carbocycles. The van der Waals surface area contributed by atoms with Crippen LogP contribution in [0.1, 0.15) is 23.4 Å². The van der Waals surface area contributed by atoms with Gasteiger partial charge < -0.3 is 10.1 Å². The van der Waals surface area contributed by atoms with E-state index in [-0.39, 0.29) is 11.8 Å². The van der Waals surface area contributed by atoms with E-state index in [1.807, 2.05) is 35.9 Å². The fraction of sp³-hybridized carbons (Fsp3) is 0.444. The first-order valence-electron chi connectivity index (χ1n) is 8.13. The number of fused-ring (bicyclic) bond motifs is 1. The number of para-hydroxylation sites is 1. The van der Waals surface area contributed by atoms with Crippen LogP contribution in [0.2, 0.25) is 0 Å². The van der Waals surface area contributed by atoms with Crippen LogP contribution in [0.3, 0.4) is 0 Å². The lowest BCUT2D eigenvalue weighted by Gasteiger charge is -2.24. The van der Waals surface area contributed by atoms with Crippen LogP contribution in [-0.4, -0.2) is 28.8 Å². The Labute approximate surface area is 136 Å². The Morgan fingerprint density at radius 2 is 2.22 bits per heavy atom. The quantitative estimate of drug-likeness (QED) is 0.862. The van der Waals surface area contributed by atoms with Crippen LogP contribution < -0.4 is 10.1 Å². The first-order valence-corrected chi connectivity index (χ1v) is 8.13. The number of carbonyl (C=O) groups is 1. The zero-order valence-corrected chi connectivity index (χ0v) is 13.7. The van der Waals surface area contributed by atoms with Crippen molar-refractivity contribution in [2.45, 2.75) is 33.2 Å². The number of rotatable bonds is 5. The summed E-state index contributed by atoms with van der Waals surface area (Å²) in [5, 5.41) is 7.45. The summed E-state index contributed by atoms with van der Waals surface area (Å²) in [6.45, 7) is 5.99. The van der Waals surface area contributed by atoms with Crippen LogP contribution in [0.15, 0.2) is 30.3 Å². The molecule has 0 saturated heterocycles. The van der Waals surface area contributed by atoms with Crippen molar-refractivity contribution in [3.63, 3.8) is 0 Å². The molecule has 1 aromatic heterocycles. The maximum absolute atomic E-state index is 12.3. The fourth-order valence-electron chi connectivity index (χ4n) is 2.98. The molecule has 1 aromatic carbocycles. The van der Waals surface area contributed by atoms with Gasteiger partial charge in [-0.05, 0) is 44.4 Å². The van der Waals surface area contributed by atoms with Gasteiger partial charge in [0.2, 0.25) is 5.91 Å². The van der Waals surface area contributed by atoms with E-state index >= 15 is 0 Å². The molecule has 2 aromatic rings. The predicted octanol–water partition coefficient (Wildman–Crippen LogP) is 2.26. The number of ether oxygens (including phenoxy) is 1. The van der Waals surface area contributed by atoms with Crippen LogP contribution in [0.5, 0.6) is 5.75 Å². The van der Waals surface area contributed by atoms with Crippen LogP contribution in [-0.2, 0) is 17.8 Å². The number of nitrogens with one attached hydrogen (secondary N) is 1. The molecule has 122 valence electrons. The number of aryl methyl sites for hydroxylation is 3. The van der Waals surface area contributed by atoms with E-state index in [0.29, 0.717) is 13.2 Å². The lowest BCUT2D eigenvalue weighted by Crippen LogP contribution is -2.38. The third-order valence-corrected chi connectivity index (χ3v) is 4.20. The first-order chi connectivity index (χ1) is 11.1. The third kappa shape index (κ3) is 3.73. The van der Waals surface area contributed by atoms with Crippen molar-refractivity contribution in [2.75, 3.05) is 13.2 Å². The Hall–Kier alpha value is -2.30. The minimum Gasteiger partial charge on any atom is -0.492 e. The minimum atomic E-state index is -0.0985. The largest absolute Gasteiger partial charge is 0.492 e. The van der Waals surface area contributed by atoms with Crippen molar-refractivity contribution in [2.24, 2.45) is 5.92 Å². The molecule has 0 bridgehead atoms. The summed E-state index contributed by atoms with van der Waals surface area (Å²) in [5.74, 6) is 0.882. The summed E-state index contributed by atoms with van der Waals surface area (Å²) in [6, 6.07) is 9.99. The van der Waals surface area contributed by atoms with Crippen molar-refractivity contribution in [3.8, 4) is 5.75 Å².